The van der Waals surface area contributed by atoms with Crippen molar-refractivity contribution >= 4 is 6.03 Å². The van der Waals surface area contributed by atoms with Crippen LogP contribution in [-0.4, -0.2) is 40.9 Å². The molecule has 1 aromatic rings. The molecule has 8 heteroatoms. The van der Waals surface area contributed by atoms with Gasteiger partial charge in [-0.15, -0.1) is 0 Å². The van der Waals surface area contributed by atoms with E-state index in [2.05, 4.69) is 5.32 Å². The van der Waals surface area contributed by atoms with Crippen LogP contribution in [-0.2, 0) is 0 Å². The Labute approximate surface area is 132 Å². The molecule has 1 aliphatic rings. The Hall–Kier alpha value is -1.70. The maximum atomic E-state index is 12.8. The summed E-state index contributed by atoms with van der Waals surface area (Å²) in [5.74, 6) is 1.42. The van der Waals surface area contributed by atoms with E-state index in [1.807, 2.05) is 6.07 Å². The summed E-state index contributed by atoms with van der Waals surface area (Å²) in [6, 6.07) is 1.06. The van der Waals surface area contributed by atoms with Gasteiger partial charge in [0.2, 0.25) is 0 Å². The molecule has 1 atom stereocenters. The highest BCUT2D eigenvalue weighted by Crippen LogP contribution is 2.38. The molecule has 2 heterocycles. The monoisotopic (exact) mass is 334 g/mol. The quantitative estimate of drug-likeness (QED) is 0.874. The standard InChI is InChI=1S/C15H21F3N2O3/c1-9-8-12(11(3)23-9)10(2)19-13(21)20-6-4-14(22,5-7-20)15(16,17)18/h8,10,22H,4-7H2,1-3H3,(H,19,21). The third-order valence-electron chi connectivity index (χ3n) is 4.29. The Morgan fingerprint density at radius 1 is 1.39 bits per heavy atom. The first-order valence-corrected chi connectivity index (χ1v) is 7.45. The number of halogens is 3. The third kappa shape index (κ3) is 3.63. The molecule has 0 spiro atoms. The van der Waals surface area contributed by atoms with Gasteiger partial charge >= 0.3 is 12.2 Å². The van der Waals surface area contributed by atoms with Crippen LogP contribution in [0.3, 0.4) is 0 Å². The molecule has 23 heavy (non-hydrogen) atoms. The van der Waals surface area contributed by atoms with Gasteiger partial charge in [-0.25, -0.2) is 4.79 Å². The van der Waals surface area contributed by atoms with Crippen molar-refractivity contribution in [2.24, 2.45) is 0 Å². The van der Waals surface area contributed by atoms with E-state index < -0.39 is 30.7 Å². The zero-order valence-corrected chi connectivity index (χ0v) is 13.3. The normalized spacial score (nSPS) is 19.5. The van der Waals surface area contributed by atoms with Crippen molar-refractivity contribution in [2.75, 3.05) is 13.1 Å². The highest BCUT2D eigenvalue weighted by molar-refractivity contribution is 5.74. The number of nitrogens with zero attached hydrogens (tertiary/aromatic N) is 1. The molecule has 0 saturated carbocycles. The van der Waals surface area contributed by atoms with Gasteiger partial charge in [0, 0.05) is 31.5 Å². The Balaban J connectivity index is 1.94. The van der Waals surface area contributed by atoms with Crippen molar-refractivity contribution in [1.82, 2.24) is 10.2 Å². The molecule has 130 valence electrons. The predicted octanol–water partition coefficient (Wildman–Crippen LogP) is 3.06. The number of hydrogen-bond acceptors (Lipinski definition) is 3. The molecule has 2 amide bonds. The third-order valence-corrected chi connectivity index (χ3v) is 4.29. The number of hydrogen-bond donors (Lipinski definition) is 2. The van der Waals surface area contributed by atoms with Crippen molar-refractivity contribution in [3.05, 3.63) is 23.2 Å². The molecule has 0 bridgehead atoms. The second-order valence-electron chi connectivity index (χ2n) is 6.06. The molecule has 1 fully saturated rings. The fourth-order valence-corrected chi connectivity index (χ4v) is 2.80. The van der Waals surface area contributed by atoms with Gasteiger partial charge in [0.05, 0.1) is 6.04 Å². The van der Waals surface area contributed by atoms with E-state index in [9.17, 15) is 23.1 Å². The Kier molecular flexibility index (Phi) is 4.66. The van der Waals surface area contributed by atoms with Crippen LogP contribution in [0.2, 0.25) is 0 Å². The largest absolute Gasteiger partial charge is 0.466 e. The second-order valence-corrected chi connectivity index (χ2v) is 6.06. The van der Waals surface area contributed by atoms with E-state index >= 15 is 0 Å². The molecular formula is C15H21F3N2O3. The number of piperidine rings is 1. The molecular weight excluding hydrogens is 313 g/mol. The fraction of sp³-hybridized carbons (Fsp3) is 0.667. The number of carbonyl (C=O) groups excluding carboxylic acids is 1. The van der Waals surface area contributed by atoms with Gasteiger partial charge in [-0.2, -0.15) is 13.2 Å². The Morgan fingerprint density at radius 3 is 2.39 bits per heavy atom. The summed E-state index contributed by atoms with van der Waals surface area (Å²) < 4.78 is 43.7. The lowest BCUT2D eigenvalue weighted by Gasteiger charge is -2.39. The highest BCUT2D eigenvalue weighted by atomic mass is 19.4. The second kappa shape index (κ2) is 6.07. The molecule has 1 saturated heterocycles. The van der Waals surface area contributed by atoms with E-state index in [4.69, 9.17) is 4.42 Å². The van der Waals surface area contributed by atoms with E-state index in [1.165, 1.54) is 4.90 Å². The molecule has 1 aliphatic heterocycles. The molecule has 0 radical (unpaired) electrons. The van der Waals surface area contributed by atoms with Crippen LogP contribution < -0.4 is 5.32 Å². The summed E-state index contributed by atoms with van der Waals surface area (Å²) in [5, 5.41) is 12.4. The molecule has 0 aromatic carbocycles. The summed E-state index contributed by atoms with van der Waals surface area (Å²) in [5.41, 5.74) is -1.87. The minimum absolute atomic E-state index is 0.141. The van der Waals surface area contributed by atoms with Crippen LogP contribution >= 0.6 is 0 Å². The first-order chi connectivity index (χ1) is 10.5. The first kappa shape index (κ1) is 17.7. The summed E-state index contributed by atoms with van der Waals surface area (Å²) in [7, 11) is 0. The average molecular weight is 334 g/mol. The van der Waals surface area contributed by atoms with Crippen molar-refractivity contribution in [2.45, 2.75) is 51.4 Å². The van der Waals surface area contributed by atoms with Gasteiger partial charge in [-0.05, 0) is 26.8 Å². The number of likely N-dealkylation sites (tertiary alicyclic amines) is 1. The van der Waals surface area contributed by atoms with E-state index in [1.54, 1.807) is 20.8 Å². The molecule has 2 rings (SSSR count). The van der Waals surface area contributed by atoms with Crippen LogP contribution in [0.4, 0.5) is 18.0 Å². The van der Waals surface area contributed by atoms with Gasteiger partial charge < -0.3 is 19.7 Å². The minimum atomic E-state index is -4.67. The number of furan rings is 1. The van der Waals surface area contributed by atoms with Gasteiger partial charge in [-0.1, -0.05) is 0 Å². The van der Waals surface area contributed by atoms with Crippen LogP contribution in [0.5, 0.6) is 0 Å². The molecule has 0 aliphatic carbocycles. The molecule has 5 nitrogen and oxygen atoms in total. The average Bonchev–Trinajstić information content (AvgIpc) is 2.77. The zero-order valence-electron chi connectivity index (χ0n) is 13.3. The SMILES string of the molecule is Cc1cc(C(C)NC(=O)N2CCC(O)(C(F)(F)F)CC2)c(C)o1. The van der Waals surface area contributed by atoms with Gasteiger partial charge in [-0.3, -0.25) is 0 Å². The number of aliphatic hydroxyl groups is 1. The number of urea groups is 1. The number of aryl methyl sites for hydroxylation is 2. The Bertz CT molecular complexity index is 575. The minimum Gasteiger partial charge on any atom is -0.466 e. The lowest BCUT2D eigenvalue weighted by molar-refractivity contribution is -0.271. The van der Waals surface area contributed by atoms with Crippen LogP contribution in [0.1, 0.15) is 42.9 Å². The number of alkyl halides is 3. The molecule has 2 N–H and O–H groups in total. The highest BCUT2D eigenvalue weighted by Gasteiger charge is 2.54. The predicted molar refractivity (Wildman–Crippen MR) is 76.9 cm³/mol. The molecule has 1 aromatic heterocycles. The van der Waals surface area contributed by atoms with Crippen molar-refractivity contribution in [3.63, 3.8) is 0 Å². The summed E-state index contributed by atoms with van der Waals surface area (Å²) in [6.45, 7) is 5.09. The van der Waals surface area contributed by atoms with Crippen LogP contribution in [0.25, 0.3) is 0 Å². The lowest BCUT2D eigenvalue weighted by Crippen LogP contribution is -2.56. The molecule has 1 unspecified atom stereocenters. The first-order valence-electron chi connectivity index (χ1n) is 7.45. The van der Waals surface area contributed by atoms with E-state index in [0.717, 1.165) is 11.3 Å². The smallest absolute Gasteiger partial charge is 0.417 e. The van der Waals surface area contributed by atoms with E-state index in [-0.39, 0.29) is 19.1 Å². The van der Waals surface area contributed by atoms with E-state index in [0.29, 0.717) is 5.76 Å². The van der Waals surface area contributed by atoms with Gasteiger partial charge in [0.1, 0.15) is 11.5 Å². The summed E-state index contributed by atoms with van der Waals surface area (Å²) in [6.07, 6.45) is -5.70. The number of nitrogens with one attached hydrogen (secondary N) is 1. The van der Waals surface area contributed by atoms with Crippen molar-refractivity contribution in [3.8, 4) is 0 Å². The Morgan fingerprint density at radius 2 is 1.96 bits per heavy atom. The summed E-state index contributed by atoms with van der Waals surface area (Å²) in [4.78, 5) is 13.5. The topological polar surface area (TPSA) is 65.7 Å². The maximum absolute atomic E-state index is 12.8. The zero-order chi connectivity index (χ0) is 17.4. The van der Waals surface area contributed by atoms with Gasteiger partial charge in [0.15, 0.2) is 5.60 Å². The van der Waals surface area contributed by atoms with Crippen LogP contribution in [0, 0.1) is 13.8 Å². The summed E-state index contributed by atoms with van der Waals surface area (Å²) >= 11 is 0. The maximum Gasteiger partial charge on any atom is 0.417 e. The lowest BCUT2D eigenvalue weighted by atomic mass is 9.91. The van der Waals surface area contributed by atoms with Crippen molar-refractivity contribution < 1.29 is 27.5 Å². The van der Waals surface area contributed by atoms with Gasteiger partial charge in [0.25, 0.3) is 0 Å². The number of carbonyl (C=O) groups is 1. The number of rotatable bonds is 2. The fourth-order valence-electron chi connectivity index (χ4n) is 2.80. The van der Waals surface area contributed by atoms with Crippen LogP contribution in [0.15, 0.2) is 10.5 Å². The van der Waals surface area contributed by atoms with Crippen molar-refractivity contribution in [1.29, 1.82) is 0 Å². The number of amides is 2.